The molecule has 0 bridgehead atoms. The molecule has 0 radical (unpaired) electrons. The fourth-order valence-electron chi connectivity index (χ4n) is 4.98. The van der Waals surface area contributed by atoms with Crippen LogP contribution in [-0.2, 0) is 20.9 Å². The van der Waals surface area contributed by atoms with Crippen LogP contribution in [0.3, 0.4) is 0 Å². The number of nitrogens with one attached hydrogen (secondary N) is 1. The second-order valence-electron chi connectivity index (χ2n) is 8.35. The highest BCUT2D eigenvalue weighted by Gasteiger charge is 2.54. The predicted octanol–water partition coefficient (Wildman–Crippen LogP) is 1.64. The van der Waals surface area contributed by atoms with Crippen LogP contribution in [0.2, 0.25) is 0 Å². The molecular weight excluding hydrogens is 358 g/mol. The molecule has 1 amide bonds. The summed E-state index contributed by atoms with van der Waals surface area (Å²) in [6, 6.07) is 7.96. The van der Waals surface area contributed by atoms with Crippen LogP contribution in [0.25, 0.3) is 0 Å². The van der Waals surface area contributed by atoms with E-state index in [1.807, 2.05) is 29.2 Å². The van der Waals surface area contributed by atoms with E-state index in [0.29, 0.717) is 13.1 Å². The lowest BCUT2D eigenvalue weighted by molar-refractivity contribution is -0.149. The maximum Gasteiger partial charge on any atom is 0.311 e. The maximum atomic E-state index is 12.4. The molecule has 4 rings (SSSR count). The Balaban J connectivity index is 1.28. The highest BCUT2D eigenvalue weighted by molar-refractivity contribution is 5.92. The summed E-state index contributed by atoms with van der Waals surface area (Å²) in [5, 5.41) is 12.6. The molecule has 28 heavy (non-hydrogen) atoms. The van der Waals surface area contributed by atoms with Gasteiger partial charge in [-0.2, -0.15) is 0 Å². The maximum absolute atomic E-state index is 12.4. The molecule has 2 saturated heterocycles. The Labute approximate surface area is 165 Å². The van der Waals surface area contributed by atoms with Crippen molar-refractivity contribution < 1.29 is 19.4 Å². The summed E-state index contributed by atoms with van der Waals surface area (Å²) < 4.78 is 5.37. The molecule has 0 aromatic heterocycles. The number of likely N-dealkylation sites (tertiary alicyclic amines) is 1. The van der Waals surface area contributed by atoms with E-state index in [2.05, 4.69) is 10.2 Å². The van der Waals surface area contributed by atoms with Crippen molar-refractivity contribution in [3.8, 4) is 0 Å². The zero-order valence-electron chi connectivity index (χ0n) is 16.2. The molecule has 7 heteroatoms. The minimum absolute atomic E-state index is 0.0820. The van der Waals surface area contributed by atoms with E-state index in [1.165, 1.54) is 5.56 Å². The molecular formula is C21H29N3O4. The molecule has 1 aromatic carbocycles. The van der Waals surface area contributed by atoms with Crippen LogP contribution in [0.4, 0.5) is 5.69 Å². The Kier molecular flexibility index (Phi) is 5.66. The molecule has 152 valence electrons. The fraction of sp³-hybridized carbons (Fsp3) is 0.619. The van der Waals surface area contributed by atoms with Crippen molar-refractivity contribution in [3.63, 3.8) is 0 Å². The second-order valence-corrected chi connectivity index (χ2v) is 8.35. The average Bonchev–Trinajstić information content (AvgIpc) is 3.22. The number of hydrogen-bond donors (Lipinski definition) is 2. The number of morpholine rings is 1. The number of hydrogen-bond acceptors (Lipinski definition) is 5. The van der Waals surface area contributed by atoms with Crippen molar-refractivity contribution in [1.29, 1.82) is 0 Å². The lowest BCUT2D eigenvalue weighted by Crippen LogP contribution is -2.37. The molecule has 1 aliphatic carbocycles. The summed E-state index contributed by atoms with van der Waals surface area (Å²) in [6.07, 6.45) is 2.67. The zero-order chi connectivity index (χ0) is 19.6. The van der Waals surface area contributed by atoms with Crippen molar-refractivity contribution in [3.05, 3.63) is 29.8 Å². The van der Waals surface area contributed by atoms with Crippen LogP contribution < -0.4 is 5.32 Å². The zero-order valence-corrected chi connectivity index (χ0v) is 16.2. The van der Waals surface area contributed by atoms with Crippen LogP contribution in [0, 0.1) is 11.3 Å². The van der Waals surface area contributed by atoms with Crippen molar-refractivity contribution in [2.45, 2.75) is 25.8 Å². The largest absolute Gasteiger partial charge is 0.481 e. The standard InChI is InChI=1S/C21H29N3O4/c25-19(14-24-13-17-2-1-7-21(17,15-24)20(26)27)22-18-5-3-16(4-6-18)12-23-8-10-28-11-9-23/h3-6,17H,1-2,7-15H2,(H,22,25)(H,26,27)/t17-,21+/m0/s1. The number of benzene rings is 1. The Bertz CT molecular complexity index is 717. The molecule has 2 atom stereocenters. The van der Waals surface area contributed by atoms with E-state index in [0.717, 1.165) is 57.8 Å². The average molecular weight is 387 g/mol. The number of carbonyl (C=O) groups excluding carboxylic acids is 1. The third kappa shape index (κ3) is 4.06. The summed E-state index contributed by atoms with van der Waals surface area (Å²) in [6.45, 7) is 5.81. The number of nitrogens with zero attached hydrogens (tertiary/aromatic N) is 2. The highest BCUT2D eigenvalue weighted by Crippen LogP contribution is 2.48. The first kappa shape index (κ1) is 19.4. The van der Waals surface area contributed by atoms with Gasteiger partial charge in [-0.3, -0.25) is 19.4 Å². The highest BCUT2D eigenvalue weighted by atomic mass is 16.5. The van der Waals surface area contributed by atoms with Gasteiger partial charge in [0.25, 0.3) is 0 Å². The van der Waals surface area contributed by atoms with Gasteiger partial charge in [-0.25, -0.2) is 0 Å². The van der Waals surface area contributed by atoms with Gasteiger partial charge < -0.3 is 15.2 Å². The van der Waals surface area contributed by atoms with Crippen molar-refractivity contribution in [2.75, 3.05) is 51.3 Å². The molecule has 7 nitrogen and oxygen atoms in total. The predicted molar refractivity (Wildman–Crippen MR) is 105 cm³/mol. The lowest BCUT2D eigenvalue weighted by atomic mass is 9.81. The molecule has 1 aromatic rings. The monoisotopic (exact) mass is 387 g/mol. The fourth-order valence-corrected chi connectivity index (χ4v) is 4.98. The van der Waals surface area contributed by atoms with Gasteiger partial charge in [-0.15, -0.1) is 0 Å². The molecule has 2 heterocycles. The molecule has 3 fully saturated rings. The number of fused-ring (bicyclic) bond motifs is 1. The van der Waals surface area contributed by atoms with E-state index < -0.39 is 11.4 Å². The molecule has 2 N–H and O–H groups in total. The topological polar surface area (TPSA) is 82.1 Å². The number of carboxylic acids is 1. The molecule has 1 saturated carbocycles. The van der Waals surface area contributed by atoms with E-state index in [4.69, 9.17) is 4.74 Å². The molecule has 3 aliphatic rings. The number of ether oxygens (including phenoxy) is 1. The van der Waals surface area contributed by atoms with Crippen LogP contribution in [0.1, 0.15) is 24.8 Å². The molecule has 2 aliphatic heterocycles. The number of carbonyl (C=O) groups is 2. The summed E-state index contributed by atoms with van der Waals surface area (Å²) in [5.41, 5.74) is 1.36. The second kappa shape index (κ2) is 8.19. The summed E-state index contributed by atoms with van der Waals surface area (Å²) in [4.78, 5) is 28.6. The number of aliphatic carboxylic acids is 1. The van der Waals surface area contributed by atoms with Gasteiger partial charge in [0.2, 0.25) is 5.91 Å². The lowest BCUT2D eigenvalue weighted by Gasteiger charge is -2.26. The van der Waals surface area contributed by atoms with E-state index in [1.54, 1.807) is 0 Å². The first-order chi connectivity index (χ1) is 13.5. The number of rotatable bonds is 6. The molecule has 0 spiro atoms. The van der Waals surface area contributed by atoms with Gasteiger partial charge in [0.15, 0.2) is 0 Å². The van der Waals surface area contributed by atoms with Crippen LogP contribution in [0.5, 0.6) is 0 Å². The normalized spacial score (nSPS) is 28.2. The van der Waals surface area contributed by atoms with Crippen LogP contribution in [0.15, 0.2) is 24.3 Å². The van der Waals surface area contributed by atoms with Gasteiger partial charge in [-0.1, -0.05) is 18.6 Å². The third-order valence-corrected chi connectivity index (χ3v) is 6.48. The number of amides is 1. The minimum atomic E-state index is -0.700. The quantitative estimate of drug-likeness (QED) is 0.772. The van der Waals surface area contributed by atoms with Gasteiger partial charge >= 0.3 is 5.97 Å². The Morgan fingerprint density at radius 2 is 1.93 bits per heavy atom. The van der Waals surface area contributed by atoms with E-state index in [-0.39, 0.29) is 18.4 Å². The molecule has 0 unspecified atom stereocenters. The van der Waals surface area contributed by atoms with Crippen molar-refractivity contribution in [1.82, 2.24) is 9.80 Å². The van der Waals surface area contributed by atoms with Gasteiger partial charge in [-0.05, 0) is 36.5 Å². The first-order valence-corrected chi connectivity index (χ1v) is 10.2. The van der Waals surface area contributed by atoms with E-state index >= 15 is 0 Å². The van der Waals surface area contributed by atoms with E-state index in [9.17, 15) is 14.7 Å². The minimum Gasteiger partial charge on any atom is -0.481 e. The van der Waals surface area contributed by atoms with Gasteiger partial charge in [0.1, 0.15) is 0 Å². The number of carboxylic acid groups (broad SMARTS) is 1. The SMILES string of the molecule is O=C(CN1C[C@@H]2CCC[C@@]2(C(=O)O)C1)Nc1ccc(CN2CCOCC2)cc1. The Morgan fingerprint density at radius 1 is 1.18 bits per heavy atom. The summed E-state index contributed by atoms with van der Waals surface area (Å²) >= 11 is 0. The first-order valence-electron chi connectivity index (χ1n) is 10.2. The third-order valence-electron chi connectivity index (χ3n) is 6.48. The summed E-state index contributed by atoms with van der Waals surface area (Å²) in [7, 11) is 0. The Hall–Kier alpha value is -1.96. The summed E-state index contributed by atoms with van der Waals surface area (Å²) in [5.74, 6) is -0.604. The van der Waals surface area contributed by atoms with Crippen LogP contribution >= 0.6 is 0 Å². The smallest absolute Gasteiger partial charge is 0.311 e. The number of anilines is 1. The van der Waals surface area contributed by atoms with Gasteiger partial charge in [0.05, 0.1) is 25.2 Å². The van der Waals surface area contributed by atoms with Crippen molar-refractivity contribution in [2.24, 2.45) is 11.3 Å². The Morgan fingerprint density at radius 3 is 2.61 bits per heavy atom. The van der Waals surface area contributed by atoms with Crippen LogP contribution in [-0.4, -0.2) is 72.7 Å². The van der Waals surface area contributed by atoms with Crippen molar-refractivity contribution >= 4 is 17.6 Å². The van der Waals surface area contributed by atoms with Gasteiger partial charge in [0, 0.05) is 38.4 Å².